The number of halogens is 3. The summed E-state index contributed by atoms with van der Waals surface area (Å²) in [5.74, 6) is 1.96. The van der Waals surface area contributed by atoms with Gasteiger partial charge >= 0.3 is 0 Å². The van der Waals surface area contributed by atoms with Crippen molar-refractivity contribution >= 4 is 34.8 Å². The minimum Gasteiger partial charge on any atom is -0.496 e. The summed E-state index contributed by atoms with van der Waals surface area (Å²) in [6.45, 7) is 4.04. The summed E-state index contributed by atoms with van der Waals surface area (Å²) in [6.07, 6.45) is 0.857. The van der Waals surface area contributed by atoms with Crippen molar-refractivity contribution in [3.63, 3.8) is 0 Å². The van der Waals surface area contributed by atoms with Crippen molar-refractivity contribution in [1.82, 2.24) is 5.32 Å². The molecule has 3 aromatic carbocycles. The second-order valence-corrected chi connectivity index (χ2v) is 8.29. The largest absolute Gasteiger partial charge is 0.496 e. The molecule has 0 aliphatic heterocycles. The highest BCUT2D eigenvalue weighted by Crippen LogP contribution is 2.38. The van der Waals surface area contributed by atoms with Crippen molar-refractivity contribution < 1.29 is 14.2 Å². The maximum atomic E-state index is 6.55. The van der Waals surface area contributed by atoms with E-state index in [9.17, 15) is 0 Å². The first-order valence-corrected chi connectivity index (χ1v) is 11.5. The van der Waals surface area contributed by atoms with Gasteiger partial charge in [-0.3, -0.25) is 0 Å². The van der Waals surface area contributed by atoms with Crippen LogP contribution in [-0.2, 0) is 19.6 Å². The predicted molar refractivity (Wildman–Crippen MR) is 132 cm³/mol. The second kappa shape index (κ2) is 12.2. The van der Waals surface area contributed by atoms with Gasteiger partial charge in [-0.2, -0.15) is 0 Å². The lowest BCUT2D eigenvalue weighted by Gasteiger charge is -2.16. The summed E-state index contributed by atoms with van der Waals surface area (Å²) in [6, 6.07) is 17.2. The van der Waals surface area contributed by atoms with Crippen LogP contribution < -0.4 is 19.5 Å². The molecule has 0 fully saturated rings. The number of hydrogen-bond donors (Lipinski definition) is 1. The lowest BCUT2D eigenvalue weighted by atomic mass is 10.1. The number of ether oxygens (including phenoxy) is 3. The first kappa shape index (κ1) is 24.5. The van der Waals surface area contributed by atoms with Crippen LogP contribution in [0.4, 0.5) is 0 Å². The van der Waals surface area contributed by atoms with Crippen LogP contribution in [0, 0.1) is 0 Å². The zero-order valence-corrected chi connectivity index (χ0v) is 20.4. The summed E-state index contributed by atoms with van der Waals surface area (Å²) in [4.78, 5) is 0. The molecular formula is C25H26Cl3NO3. The number of rotatable bonds is 11. The quantitative estimate of drug-likeness (QED) is 0.292. The molecule has 170 valence electrons. The minimum atomic E-state index is 0.189. The van der Waals surface area contributed by atoms with Gasteiger partial charge in [0.15, 0.2) is 11.5 Å². The number of para-hydroxylation sites is 1. The lowest BCUT2D eigenvalue weighted by molar-refractivity contribution is 0.269. The fraction of sp³-hybridized carbons (Fsp3) is 0.280. The topological polar surface area (TPSA) is 39.7 Å². The number of nitrogens with one attached hydrogen (secondary N) is 1. The van der Waals surface area contributed by atoms with Crippen molar-refractivity contribution in [2.75, 3.05) is 20.3 Å². The summed E-state index contributed by atoms with van der Waals surface area (Å²) < 4.78 is 17.2. The summed E-state index contributed by atoms with van der Waals surface area (Å²) in [5, 5.41) is 5.01. The first-order valence-electron chi connectivity index (χ1n) is 10.4. The Balaban J connectivity index is 1.65. The Morgan fingerprint density at radius 3 is 2.31 bits per heavy atom. The Labute approximate surface area is 204 Å². The highest BCUT2D eigenvalue weighted by Gasteiger charge is 2.15. The third-order valence-electron chi connectivity index (χ3n) is 4.88. The van der Waals surface area contributed by atoms with E-state index in [2.05, 4.69) is 11.4 Å². The van der Waals surface area contributed by atoms with Crippen LogP contribution in [0.1, 0.15) is 23.6 Å². The van der Waals surface area contributed by atoms with E-state index < -0.39 is 0 Å². The molecule has 0 spiro atoms. The maximum absolute atomic E-state index is 6.55. The van der Waals surface area contributed by atoms with Gasteiger partial charge in [0.1, 0.15) is 12.4 Å². The maximum Gasteiger partial charge on any atom is 0.180 e. The Morgan fingerprint density at radius 2 is 1.59 bits per heavy atom. The van der Waals surface area contributed by atoms with Crippen molar-refractivity contribution in [3.05, 3.63) is 86.4 Å². The second-order valence-electron chi connectivity index (χ2n) is 7.07. The van der Waals surface area contributed by atoms with Gasteiger partial charge in [0.2, 0.25) is 0 Å². The van der Waals surface area contributed by atoms with E-state index in [4.69, 9.17) is 49.0 Å². The predicted octanol–water partition coefficient (Wildman–Crippen LogP) is 6.97. The zero-order valence-electron chi connectivity index (χ0n) is 18.1. The number of methoxy groups -OCH3 is 1. The molecule has 0 atom stereocenters. The van der Waals surface area contributed by atoms with Crippen LogP contribution in [0.2, 0.25) is 15.1 Å². The molecule has 0 saturated carbocycles. The van der Waals surface area contributed by atoms with Crippen LogP contribution in [-0.4, -0.2) is 20.3 Å². The third-order valence-corrected chi connectivity index (χ3v) is 5.87. The molecule has 3 aromatic rings. The Bertz CT molecular complexity index is 1020. The number of hydrogen-bond acceptors (Lipinski definition) is 4. The lowest BCUT2D eigenvalue weighted by Crippen LogP contribution is -2.17. The van der Waals surface area contributed by atoms with E-state index in [1.54, 1.807) is 25.3 Å². The van der Waals surface area contributed by atoms with E-state index in [0.29, 0.717) is 45.3 Å². The van der Waals surface area contributed by atoms with E-state index in [0.717, 1.165) is 29.8 Å². The highest BCUT2D eigenvalue weighted by molar-refractivity contribution is 6.36. The van der Waals surface area contributed by atoms with Crippen molar-refractivity contribution in [2.24, 2.45) is 0 Å². The van der Waals surface area contributed by atoms with Gasteiger partial charge in [-0.25, -0.2) is 0 Å². The highest BCUT2D eigenvalue weighted by atomic mass is 35.5. The third kappa shape index (κ3) is 6.46. The van der Waals surface area contributed by atoms with Crippen molar-refractivity contribution in [3.8, 4) is 17.2 Å². The van der Waals surface area contributed by atoms with Gasteiger partial charge in [0.25, 0.3) is 0 Å². The summed E-state index contributed by atoms with van der Waals surface area (Å²) in [5.41, 5.74) is 2.87. The molecule has 0 saturated heterocycles. The monoisotopic (exact) mass is 493 g/mol. The van der Waals surface area contributed by atoms with Crippen LogP contribution >= 0.6 is 34.8 Å². The molecule has 1 N–H and O–H groups in total. The van der Waals surface area contributed by atoms with Gasteiger partial charge in [-0.05, 0) is 61.3 Å². The van der Waals surface area contributed by atoms with Gasteiger partial charge in [-0.1, -0.05) is 59.1 Å². The van der Waals surface area contributed by atoms with Gasteiger partial charge in [0.05, 0.1) is 18.7 Å². The normalized spacial score (nSPS) is 10.8. The van der Waals surface area contributed by atoms with E-state index in [-0.39, 0.29) is 6.61 Å². The standard InChI is InChI=1S/C25H26Cl3NO3/c1-3-31-24-14-17(15-29-12-11-18-7-4-5-10-23(18)30-2)13-22(28)25(24)32-16-19-20(26)8-6-9-21(19)27/h4-10,13-14,29H,3,11-12,15-16H2,1-2H3. The van der Waals surface area contributed by atoms with E-state index in [1.165, 1.54) is 0 Å². The van der Waals surface area contributed by atoms with Crippen LogP contribution in [0.5, 0.6) is 17.2 Å². The SMILES string of the molecule is CCOc1cc(CNCCc2ccccc2OC)cc(Cl)c1OCc1c(Cl)cccc1Cl. The van der Waals surface area contributed by atoms with Gasteiger partial charge in [0, 0.05) is 22.2 Å². The summed E-state index contributed by atoms with van der Waals surface area (Å²) >= 11 is 19.1. The molecule has 0 unspecified atom stereocenters. The van der Waals surface area contributed by atoms with Gasteiger partial charge in [-0.15, -0.1) is 0 Å². The Hall–Kier alpha value is -2.11. The fourth-order valence-electron chi connectivity index (χ4n) is 3.31. The molecule has 32 heavy (non-hydrogen) atoms. The van der Waals surface area contributed by atoms with Crippen molar-refractivity contribution in [2.45, 2.75) is 26.5 Å². The summed E-state index contributed by atoms with van der Waals surface area (Å²) in [7, 11) is 1.69. The van der Waals surface area contributed by atoms with Gasteiger partial charge < -0.3 is 19.5 Å². The number of benzene rings is 3. The fourth-order valence-corrected chi connectivity index (χ4v) is 4.10. The average Bonchev–Trinajstić information content (AvgIpc) is 2.78. The molecule has 3 rings (SSSR count). The molecule has 0 radical (unpaired) electrons. The zero-order chi connectivity index (χ0) is 22.9. The Kier molecular flexibility index (Phi) is 9.36. The van der Waals surface area contributed by atoms with Crippen LogP contribution in [0.15, 0.2) is 54.6 Å². The van der Waals surface area contributed by atoms with E-state index >= 15 is 0 Å². The van der Waals surface area contributed by atoms with Crippen LogP contribution in [0.3, 0.4) is 0 Å². The van der Waals surface area contributed by atoms with E-state index in [1.807, 2.05) is 37.3 Å². The smallest absolute Gasteiger partial charge is 0.180 e. The van der Waals surface area contributed by atoms with Crippen molar-refractivity contribution in [1.29, 1.82) is 0 Å². The van der Waals surface area contributed by atoms with Crippen LogP contribution in [0.25, 0.3) is 0 Å². The average molecular weight is 495 g/mol. The molecule has 0 aliphatic rings. The molecule has 0 amide bonds. The molecule has 0 bridgehead atoms. The minimum absolute atomic E-state index is 0.189. The molecule has 0 heterocycles. The molecule has 7 heteroatoms. The molecular weight excluding hydrogens is 469 g/mol. The molecule has 0 aliphatic carbocycles. The molecule has 4 nitrogen and oxygen atoms in total. The first-order chi connectivity index (χ1) is 15.5. The molecule has 0 aromatic heterocycles. The Morgan fingerprint density at radius 1 is 0.844 bits per heavy atom.